The molecule has 6 unspecified atom stereocenters. The molecule has 0 aromatic carbocycles. The van der Waals surface area contributed by atoms with Crippen LogP contribution in [-0.4, -0.2) is 5.25 Å². The molecule has 0 aromatic rings. The van der Waals surface area contributed by atoms with Crippen molar-refractivity contribution in [2.75, 3.05) is 0 Å². The minimum Gasteiger partial charge on any atom is -0.176 e. The summed E-state index contributed by atoms with van der Waals surface area (Å²) in [5, 5.41) is 0.549. The predicted octanol–water partition coefficient (Wildman–Crippen LogP) is 7.40. The summed E-state index contributed by atoms with van der Waals surface area (Å²) in [5.74, 6) is 4.14. The Balaban J connectivity index is 3.96. The Morgan fingerprint density at radius 2 is 1.00 bits per heavy atom. The van der Waals surface area contributed by atoms with Gasteiger partial charge in [0.25, 0.3) is 0 Å². The highest BCUT2D eigenvalue weighted by molar-refractivity contribution is 7.80. The Hall–Kier alpha value is 0.0900. The van der Waals surface area contributed by atoms with Crippen molar-refractivity contribution >= 4 is 12.6 Å². The highest BCUT2D eigenvalue weighted by Gasteiger charge is 2.17. The van der Waals surface area contributed by atoms with Crippen LogP contribution in [0.1, 0.15) is 87.0 Å². The van der Waals surface area contributed by atoms with Crippen LogP contribution in [0.3, 0.4) is 0 Å². The fraction of sp³-hybridized carbons (Fsp3) is 0.905. The molecule has 0 aliphatic heterocycles. The first-order valence-corrected chi connectivity index (χ1v) is 10.1. The highest BCUT2D eigenvalue weighted by Crippen LogP contribution is 2.29. The molecule has 6 atom stereocenters. The van der Waals surface area contributed by atoms with Gasteiger partial charge in [-0.05, 0) is 67.4 Å². The van der Waals surface area contributed by atoms with Gasteiger partial charge >= 0.3 is 0 Å². The topological polar surface area (TPSA) is 0 Å². The van der Waals surface area contributed by atoms with Crippen LogP contribution in [0.25, 0.3) is 0 Å². The minimum absolute atomic E-state index is 0.549. The molecule has 0 aliphatic rings. The van der Waals surface area contributed by atoms with Gasteiger partial charge in [0, 0.05) is 0 Å². The number of hydrogen-bond donors (Lipinski definition) is 1. The van der Waals surface area contributed by atoms with Gasteiger partial charge in [0.1, 0.15) is 0 Å². The zero-order chi connectivity index (χ0) is 17.1. The van der Waals surface area contributed by atoms with Crippen molar-refractivity contribution in [1.29, 1.82) is 0 Å². The van der Waals surface area contributed by atoms with Crippen molar-refractivity contribution in [3.63, 3.8) is 0 Å². The van der Waals surface area contributed by atoms with Gasteiger partial charge in [0.15, 0.2) is 0 Å². The lowest BCUT2D eigenvalue weighted by Crippen LogP contribution is -2.14. The first-order chi connectivity index (χ1) is 10.3. The van der Waals surface area contributed by atoms with E-state index in [-0.39, 0.29) is 0 Å². The van der Waals surface area contributed by atoms with Crippen LogP contribution >= 0.6 is 12.6 Å². The molecule has 0 nitrogen and oxygen atoms in total. The molecule has 0 aliphatic carbocycles. The third-order valence-electron chi connectivity index (χ3n) is 5.66. The SMILES string of the molecule is C/C=C/C(C)CCC(C)C(C)CCC(C)C(C)CCC(C)S. The third kappa shape index (κ3) is 10.8. The molecule has 0 spiro atoms. The van der Waals surface area contributed by atoms with Gasteiger partial charge in [0.05, 0.1) is 0 Å². The van der Waals surface area contributed by atoms with Gasteiger partial charge in [-0.2, -0.15) is 12.6 Å². The van der Waals surface area contributed by atoms with Crippen molar-refractivity contribution in [2.24, 2.45) is 29.6 Å². The average Bonchev–Trinajstić information content (AvgIpc) is 2.47. The molecule has 0 saturated heterocycles. The minimum atomic E-state index is 0.549. The van der Waals surface area contributed by atoms with Crippen LogP contribution in [-0.2, 0) is 0 Å². The van der Waals surface area contributed by atoms with Crippen LogP contribution in [0.2, 0.25) is 0 Å². The third-order valence-corrected chi connectivity index (χ3v) is 5.92. The van der Waals surface area contributed by atoms with Crippen LogP contribution in [0, 0.1) is 29.6 Å². The maximum Gasteiger partial charge on any atom is -0.00115 e. The van der Waals surface area contributed by atoms with Crippen molar-refractivity contribution < 1.29 is 0 Å². The normalized spacial score (nSPS) is 20.5. The molecule has 0 saturated carbocycles. The summed E-state index contributed by atoms with van der Waals surface area (Å²) in [4.78, 5) is 0. The van der Waals surface area contributed by atoms with E-state index >= 15 is 0 Å². The van der Waals surface area contributed by atoms with Crippen LogP contribution < -0.4 is 0 Å². The fourth-order valence-electron chi connectivity index (χ4n) is 3.12. The van der Waals surface area contributed by atoms with Gasteiger partial charge in [0.2, 0.25) is 0 Å². The van der Waals surface area contributed by atoms with Gasteiger partial charge < -0.3 is 0 Å². The summed E-state index contributed by atoms with van der Waals surface area (Å²) in [6.07, 6.45) is 12.6. The van der Waals surface area contributed by atoms with Gasteiger partial charge in [-0.25, -0.2) is 0 Å². The predicted molar refractivity (Wildman–Crippen MR) is 107 cm³/mol. The summed E-state index contributed by atoms with van der Waals surface area (Å²) in [5.41, 5.74) is 0. The van der Waals surface area contributed by atoms with Gasteiger partial charge in [-0.1, -0.05) is 66.5 Å². The second-order valence-electron chi connectivity index (χ2n) is 7.99. The zero-order valence-corrected chi connectivity index (χ0v) is 17.2. The second-order valence-corrected chi connectivity index (χ2v) is 8.87. The molecule has 132 valence electrons. The quantitative estimate of drug-likeness (QED) is 0.280. The summed E-state index contributed by atoms with van der Waals surface area (Å²) < 4.78 is 0. The Labute approximate surface area is 147 Å². The van der Waals surface area contributed by atoms with Crippen molar-refractivity contribution in [3.8, 4) is 0 Å². The molecule has 0 bridgehead atoms. The molecule has 0 aromatic heterocycles. The summed E-state index contributed by atoms with van der Waals surface area (Å²) in [6, 6.07) is 0. The number of thiol groups is 1. The van der Waals surface area contributed by atoms with Crippen molar-refractivity contribution in [2.45, 2.75) is 92.2 Å². The smallest absolute Gasteiger partial charge is 0.00115 e. The molecule has 0 N–H and O–H groups in total. The Kier molecular flexibility index (Phi) is 12.6. The second kappa shape index (κ2) is 12.5. The largest absolute Gasteiger partial charge is 0.176 e. The van der Waals surface area contributed by atoms with Crippen LogP contribution in [0.4, 0.5) is 0 Å². The monoisotopic (exact) mass is 326 g/mol. The first kappa shape index (κ1) is 22.1. The lowest BCUT2D eigenvalue weighted by atomic mass is 9.81. The highest BCUT2D eigenvalue weighted by atomic mass is 32.1. The van der Waals surface area contributed by atoms with Gasteiger partial charge in [-0.3, -0.25) is 0 Å². The molecule has 0 heterocycles. The first-order valence-electron chi connectivity index (χ1n) is 9.58. The van der Waals surface area contributed by atoms with Crippen LogP contribution in [0.5, 0.6) is 0 Å². The van der Waals surface area contributed by atoms with Crippen molar-refractivity contribution in [1.82, 2.24) is 0 Å². The lowest BCUT2D eigenvalue weighted by molar-refractivity contribution is 0.268. The average molecular weight is 327 g/mol. The van der Waals surface area contributed by atoms with E-state index < -0.39 is 0 Å². The Morgan fingerprint density at radius 1 is 0.636 bits per heavy atom. The summed E-state index contributed by atoms with van der Waals surface area (Å²) >= 11 is 4.50. The molecule has 0 amide bonds. The van der Waals surface area contributed by atoms with E-state index in [1.165, 1.54) is 38.5 Å². The summed E-state index contributed by atoms with van der Waals surface area (Å²) in [7, 11) is 0. The zero-order valence-electron chi connectivity index (χ0n) is 16.3. The Morgan fingerprint density at radius 3 is 1.36 bits per heavy atom. The standard InChI is InChI=1S/C21H42S/c1-8-9-16(2)10-11-17(3)18(4)12-13-19(5)20(6)14-15-21(7)22/h8-9,16-22H,10-15H2,1-7H3/b9-8+. The van der Waals surface area contributed by atoms with E-state index in [0.717, 1.165) is 29.6 Å². The van der Waals surface area contributed by atoms with Crippen molar-refractivity contribution in [3.05, 3.63) is 12.2 Å². The van der Waals surface area contributed by atoms with Crippen LogP contribution in [0.15, 0.2) is 12.2 Å². The van der Waals surface area contributed by atoms with E-state index in [9.17, 15) is 0 Å². The molecule has 1 heteroatoms. The molecule has 0 fully saturated rings. The van der Waals surface area contributed by atoms with E-state index in [0.29, 0.717) is 5.25 Å². The molecule has 0 radical (unpaired) electrons. The molecular formula is C21H42S. The van der Waals surface area contributed by atoms with E-state index in [1.807, 2.05) is 0 Å². The van der Waals surface area contributed by atoms with Gasteiger partial charge in [-0.15, -0.1) is 0 Å². The lowest BCUT2D eigenvalue weighted by Gasteiger charge is -2.25. The maximum absolute atomic E-state index is 4.50. The van der Waals surface area contributed by atoms with E-state index in [1.54, 1.807) is 0 Å². The number of allylic oxidation sites excluding steroid dienone is 2. The number of rotatable bonds is 12. The molecular weight excluding hydrogens is 284 g/mol. The van der Waals surface area contributed by atoms with E-state index in [2.05, 4.69) is 73.2 Å². The van der Waals surface area contributed by atoms with E-state index in [4.69, 9.17) is 0 Å². The fourth-order valence-corrected chi connectivity index (χ4v) is 3.27. The Bertz CT molecular complexity index is 282. The summed E-state index contributed by atoms with van der Waals surface area (Å²) in [6.45, 7) is 16.4. The number of hydrogen-bond acceptors (Lipinski definition) is 1. The molecule has 0 rings (SSSR count). The molecule has 22 heavy (non-hydrogen) atoms. The maximum atomic E-state index is 4.50.